The van der Waals surface area contributed by atoms with Gasteiger partial charge in [-0.1, -0.05) is 33.6 Å². The molecule has 0 radical (unpaired) electrons. The molecule has 4 rings (SSSR count). The Morgan fingerprint density at radius 2 is 2.22 bits per heavy atom. The van der Waals surface area contributed by atoms with Crippen LogP contribution in [0.25, 0.3) is 10.9 Å². The molecule has 166 valence electrons. The van der Waals surface area contributed by atoms with Gasteiger partial charge in [-0.3, -0.25) is 4.79 Å². The molecule has 0 bridgehead atoms. The third-order valence-corrected chi connectivity index (χ3v) is 5.60. The van der Waals surface area contributed by atoms with Crippen molar-refractivity contribution < 1.29 is 18.7 Å². The molecule has 0 spiro atoms. The lowest BCUT2D eigenvalue weighted by Crippen LogP contribution is -2.17. The number of ketones is 1. The van der Waals surface area contributed by atoms with Gasteiger partial charge in [-0.2, -0.15) is 0 Å². The van der Waals surface area contributed by atoms with Crippen LogP contribution >= 0.6 is 27.5 Å². The average Bonchev–Trinajstić information content (AvgIpc) is 3.29. The summed E-state index contributed by atoms with van der Waals surface area (Å²) in [6.45, 7) is 1.16. The third-order valence-electron chi connectivity index (χ3n) is 4.94. The van der Waals surface area contributed by atoms with Crippen LogP contribution in [0, 0.1) is 5.82 Å². The number of nitrogens with one attached hydrogen (secondary N) is 1. The molecule has 1 aliphatic rings. The summed E-state index contributed by atoms with van der Waals surface area (Å²) in [5.41, 5.74) is 1.96. The van der Waals surface area contributed by atoms with Crippen molar-refractivity contribution in [2.24, 2.45) is 0 Å². The van der Waals surface area contributed by atoms with E-state index in [2.05, 4.69) is 31.2 Å². The van der Waals surface area contributed by atoms with Crippen LogP contribution in [0.5, 0.6) is 5.75 Å². The zero-order valence-electron chi connectivity index (χ0n) is 17.0. The number of nitrogens with zero attached hydrogens (tertiary/aromatic N) is 2. The van der Waals surface area contributed by atoms with E-state index in [-0.39, 0.29) is 23.3 Å². The van der Waals surface area contributed by atoms with E-state index in [1.54, 1.807) is 18.2 Å². The topological polar surface area (TPSA) is 73.3 Å². The van der Waals surface area contributed by atoms with E-state index in [1.807, 2.05) is 12.1 Å². The van der Waals surface area contributed by atoms with Crippen LogP contribution in [-0.2, 0) is 16.0 Å². The summed E-state index contributed by atoms with van der Waals surface area (Å²) < 4.78 is 25.1. The molecule has 1 aliphatic heterocycles. The Balaban J connectivity index is 1.72. The quantitative estimate of drug-likeness (QED) is 0.317. The lowest BCUT2D eigenvalue weighted by atomic mass is 10.0. The second-order valence-corrected chi connectivity index (χ2v) is 8.31. The number of aromatic nitrogens is 2. The fraction of sp³-hybridized carbons (Fsp3) is 0.261. The lowest BCUT2D eigenvalue weighted by molar-refractivity contribution is -0.114. The van der Waals surface area contributed by atoms with Gasteiger partial charge in [0, 0.05) is 40.9 Å². The summed E-state index contributed by atoms with van der Waals surface area (Å²) in [7, 11) is 0. The number of hydrogen-bond donors (Lipinski definition) is 1. The summed E-state index contributed by atoms with van der Waals surface area (Å²) in [4.78, 5) is 21.2. The van der Waals surface area contributed by atoms with Crippen molar-refractivity contribution in [1.82, 2.24) is 9.97 Å². The largest absolute Gasteiger partial charge is 0.488 e. The standard InChI is InChI=1S/C23H20BrClFN3O3/c24-6-1-2-16(30)8-14-9-18-21(11-22(14)32-17-5-7-31-12-17)27-13-28-23(18)29-15-3-4-20(26)19(25)10-15/h1-4,9-11,13,17H,5-8,12H2,(H,27,28,29)/b2-1+/t17-/m0/s1. The Labute approximate surface area is 197 Å². The average molecular weight is 521 g/mol. The van der Waals surface area contributed by atoms with Crippen molar-refractivity contribution in [1.29, 1.82) is 0 Å². The molecular formula is C23H20BrClFN3O3. The van der Waals surface area contributed by atoms with E-state index >= 15 is 0 Å². The van der Waals surface area contributed by atoms with E-state index < -0.39 is 5.82 Å². The minimum absolute atomic E-state index is 0.00712. The fourth-order valence-electron chi connectivity index (χ4n) is 3.39. The maximum atomic E-state index is 13.5. The van der Waals surface area contributed by atoms with Crippen molar-refractivity contribution in [3.8, 4) is 5.75 Å². The Kier molecular flexibility index (Phi) is 7.34. The van der Waals surface area contributed by atoms with Crippen LogP contribution in [0.4, 0.5) is 15.9 Å². The fourth-order valence-corrected chi connectivity index (χ4v) is 3.76. The Bertz CT molecular complexity index is 1170. The Morgan fingerprint density at radius 3 is 2.97 bits per heavy atom. The number of hydrogen-bond acceptors (Lipinski definition) is 6. The number of anilines is 2. The van der Waals surface area contributed by atoms with Gasteiger partial charge in [0.15, 0.2) is 5.78 Å². The summed E-state index contributed by atoms with van der Waals surface area (Å²) in [6, 6.07) is 8.01. The highest BCUT2D eigenvalue weighted by Gasteiger charge is 2.20. The van der Waals surface area contributed by atoms with Gasteiger partial charge in [0.05, 0.1) is 23.8 Å². The third kappa shape index (κ3) is 5.43. The second-order valence-electron chi connectivity index (χ2n) is 7.26. The number of halogens is 3. The summed E-state index contributed by atoms with van der Waals surface area (Å²) in [5.74, 6) is 0.564. The number of carbonyl (C=O) groups is 1. The molecule has 0 aliphatic carbocycles. The van der Waals surface area contributed by atoms with Crippen molar-refractivity contribution in [2.75, 3.05) is 23.9 Å². The van der Waals surface area contributed by atoms with Crippen LogP contribution in [0.15, 0.2) is 48.8 Å². The predicted molar refractivity (Wildman–Crippen MR) is 126 cm³/mol. The minimum atomic E-state index is -0.500. The van der Waals surface area contributed by atoms with E-state index in [9.17, 15) is 9.18 Å². The number of rotatable bonds is 8. The zero-order chi connectivity index (χ0) is 22.5. The smallest absolute Gasteiger partial charge is 0.159 e. The van der Waals surface area contributed by atoms with Crippen LogP contribution in [0.1, 0.15) is 12.0 Å². The minimum Gasteiger partial charge on any atom is -0.488 e. The lowest BCUT2D eigenvalue weighted by Gasteiger charge is -2.17. The van der Waals surface area contributed by atoms with E-state index in [0.29, 0.717) is 46.7 Å². The maximum Gasteiger partial charge on any atom is 0.159 e. The van der Waals surface area contributed by atoms with Crippen molar-refractivity contribution in [3.05, 3.63) is 65.2 Å². The Morgan fingerprint density at radius 1 is 1.34 bits per heavy atom. The molecule has 2 heterocycles. The predicted octanol–water partition coefficient (Wildman–Crippen LogP) is 5.40. The first-order valence-electron chi connectivity index (χ1n) is 10.0. The number of ether oxygens (including phenoxy) is 2. The van der Waals surface area contributed by atoms with Gasteiger partial charge >= 0.3 is 0 Å². The molecule has 0 unspecified atom stereocenters. The second kappa shape index (κ2) is 10.4. The molecule has 0 amide bonds. The molecule has 32 heavy (non-hydrogen) atoms. The molecule has 1 fully saturated rings. The Hall–Kier alpha value is -2.55. The first-order valence-corrected chi connectivity index (χ1v) is 11.5. The number of benzene rings is 2. The van der Waals surface area contributed by atoms with Crippen LogP contribution < -0.4 is 10.1 Å². The highest BCUT2D eigenvalue weighted by atomic mass is 79.9. The van der Waals surface area contributed by atoms with Crippen molar-refractivity contribution in [3.63, 3.8) is 0 Å². The number of fused-ring (bicyclic) bond motifs is 1. The van der Waals surface area contributed by atoms with Crippen molar-refractivity contribution >= 4 is 55.7 Å². The van der Waals surface area contributed by atoms with Gasteiger partial charge in [0.2, 0.25) is 0 Å². The molecule has 9 heteroatoms. The van der Waals surface area contributed by atoms with Crippen LogP contribution in [-0.4, -0.2) is 40.4 Å². The van der Waals surface area contributed by atoms with E-state index in [4.69, 9.17) is 21.1 Å². The molecule has 6 nitrogen and oxygen atoms in total. The first-order chi connectivity index (χ1) is 15.5. The van der Waals surface area contributed by atoms with Gasteiger partial charge in [0.1, 0.15) is 29.8 Å². The highest BCUT2D eigenvalue weighted by molar-refractivity contribution is 9.09. The molecule has 1 aromatic heterocycles. The van der Waals surface area contributed by atoms with Crippen molar-refractivity contribution in [2.45, 2.75) is 18.9 Å². The highest BCUT2D eigenvalue weighted by Crippen LogP contribution is 2.32. The summed E-state index contributed by atoms with van der Waals surface area (Å²) in [5, 5.41) is 4.46. The van der Waals surface area contributed by atoms with Crippen LogP contribution in [0.3, 0.4) is 0 Å². The summed E-state index contributed by atoms with van der Waals surface area (Å²) >= 11 is 9.19. The van der Waals surface area contributed by atoms with Gasteiger partial charge < -0.3 is 14.8 Å². The van der Waals surface area contributed by atoms with Gasteiger partial charge in [0.25, 0.3) is 0 Å². The normalized spacial score (nSPS) is 16.0. The van der Waals surface area contributed by atoms with E-state index in [0.717, 1.165) is 12.0 Å². The van der Waals surface area contributed by atoms with Gasteiger partial charge in [-0.15, -0.1) is 0 Å². The first kappa shape index (κ1) is 22.6. The number of carbonyl (C=O) groups excluding carboxylic acids is 1. The molecule has 0 saturated carbocycles. The molecule has 1 atom stereocenters. The van der Waals surface area contributed by atoms with Gasteiger partial charge in [-0.25, -0.2) is 14.4 Å². The van der Waals surface area contributed by atoms with Gasteiger partial charge in [-0.05, 0) is 30.3 Å². The monoisotopic (exact) mass is 519 g/mol. The molecule has 3 aromatic rings. The number of allylic oxidation sites excluding steroid dienone is 2. The van der Waals surface area contributed by atoms with Crippen LogP contribution in [0.2, 0.25) is 5.02 Å². The maximum absolute atomic E-state index is 13.5. The number of alkyl halides is 1. The molecular weight excluding hydrogens is 501 g/mol. The molecule has 1 saturated heterocycles. The van der Waals surface area contributed by atoms with E-state index in [1.165, 1.54) is 18.5 Å². The summed E-state index contributed by atoms with van der Waals surface area (Å²) in [6.07, 6.45) is 5.61. The molecule has 1 N–H and O–H groups in total. The zero-order valence-corrected chi connectivity index (χ0v) is 19.3. The molecule has 2 aromatic carbocycles. The SMILES string of the molecule is O=C(/C=C/CBr)Cc1cc2c(Nc3ccc(F)c(Cl)c3)ncnc2cc1O[C@H]1CCOC1.